The maximum atomic E-state index is 12.3. The Balaban J connectivity index is 1.66. The molecule has 5 heteroatoms. The Hall–Kier alpha value is -0.650. The summed E-state index contributed by atoms with van der Waals surface area (Å²) in [6.07, 6.45) is 5.08. The summed E-state index contributed by atoms with van der Waals surface area (Å²) >= 11 is 0. The van der Waals surface area contributed by atoms with Gasteiger partial charge in [-0.1, -0.05) is 6.42 Å². The molecule has 2 fully saturated rings. The molecule has 0 aromatic heterocycles. The summed E-state index contributed by atoms with van der Waals surface area (Å²) in [7, 11) is 0. The highest BCUT2D eigenvalue weighted by molar-refractivity contribution is 5.81. The highest BCUT2D eigenvalue weighted by atomic mass is 16.5. The first-order chi connectivity index (χ1) is 10.1. The molecular formula is C16H30N2O3. The van der Waals surface area contributed by atoms with Crippen molar-refractivity contribution in [2.45, 2.75) is 64.1 Å². The second-order valence-electron chi connectivity index (χ2n) is 6.72. The number of nitrogens with one attached hydrogen (secondary N) is 1. The van der Waals surface area contributed by atoms with Gasteiger partial charge in [0.1, 0.15) is 0 Å². The van der Waals surface area contributed by atoms with Crippen molar-refractivity contribution < 1.29 is 14.6 Å². The molecule has 0 radical (unpaired) electrons. The van der Waals surface area contributed by atoms with Gasteiger partial charge in [0, 0.05) is 19.2 Å². The van der Waals surface area contributed by atoms with Crippen LogP contribution in [-0.2, 0) is 9.53 Å². The van der Waals surface area contributed by atoms with Crippen LogP contribution in [0.4, 0.5) is 0 Å². The van der Waals surface area contributed by atoms with Gasteiger partial charge in [-0.15, -0.1) is 0 Å². The summed E-state index contributed by atoms with van der Waals surface area (Å²) in [6, 6.07) is 0.339. The molecule has 1 heterocycles. The van der Waals surface area contributed by atoms with E-state index < -0.39 is 6.10 Å². The first kappa shape index (κ1) is 16.7. The molecule has 1 saturated heterocycles. The predicted octanol–water partition coefficient (Wildman–Crippen LogP) is 1.15. The van der Waals surface area contributed by atoms with Crippen LogP contribution in [0.1, 0.15) is 46.0 Å². The van der Waals surface area contributed by atoms with E-state index in [-0.39, 0.29) is 18.5 Å². The molecule has 0 bridgehead atoms. The summed E-state index contributed by atoms with van der Waals surface area (Å²) < 4.78 is 5.44. The average molecular weight is 298 g/mol. The molecule has 0 aromatic rings. The van der Waals surface area contributed by atoms with Gasteiger partial charge in [0.2, 0.25) is 5.91 Å². The molecule has 122 valence electrons. The van der Waals surface area contributed by atoms with Gasteiger partial charge < -0.3 is 15.2 Å². The van der Waals surface area contributed by atoms with E-state index in [1.54, 1.807) is 0 Å². The van der Waals surface area contributed by atoms with E-state index in [0.717, 1.165) is 26.0 Å². The van der Waals surface area contributed by atoms with Gasteiger partial charge in [0.25, 0.3) is 0 Å². The number of piperidine rings is 1. The third-order valence-electron chi connectivity index (χ3n) is 4.38. The molecule has 1 aliphatic heterocycles. The van der Waals surface area contributed by atoms with E-state index >= 15 is 0 Å². The Labute approximate surface area is 128 Å². The van der Waals surface area contributed by atoms with Gasteiger partial charge in [0.15, 0.2) is 0 Å². The van der Waals surface area contributed by atoms with E-state index in [1.165, 1.54) is 19.3 Å². The minimum Gasteiger partial charge on any atom is -0.389 e. The van der Waals surface area contributed by atoms with Crippen molar-refractivity contribution in [3.63, 3.8) is 0 Å². The monoisotopic (exact) mass is 298 g/mol. The third-order valence-corrected chi connectivity index (χ3v) is 4.38. The number of carbonyl (C=O) groups is 1. The molecule has 2 aliphatic rings. The van der Waals surface area contributed by atoms with E-state index in [9.17, 15) is 9.90 Å². The first-order valence-corrected chi connectivity index (χ1v) is 8.37. The van der Waals surface area contributed by atoms with Crippen LogP contribution in [0.25, 0.3) is 0 Å². The molecule has 1 aliphatic carbocycles. The third kappa shape index (κ3) is 5.57. The van der Waals surface area contributed by atoms with Crippen LogP contribution >= 0.6 is 0 Å². The largest absolute Gasteiger partial charge is 0.389 e. The Bertz CT molecular complexity index is 331. The van der Waals surface area contributed by atoms with E-state index in [1.807, 2.05) is 0 Å². The standard InChI is InChI=1S/C16H30N2O3/c1-12(2)18-8-4-3-5-15(18)16(20)17-9-14(19)11-21-10-13-6-7-13/h12-15,19H,3-11H2,1-2H3,(H,17,20). The molecule has 1 saturated carbocycles. The number of ether oxygens (including phenoxy) is 1. The topological polar surface area (TPSA) is 61.8 Å². The predicted molar refractivity (Wildman–Crippen MR) is 82.0 cm³/mol. The average Bonchev–Trinajstić information content (AvgIpc) is 3.29. The summed E-state index contributed by atoms with van der Waals surface area (Å²) in [5.41, 5.74) is 0. The van der Waals surface area contributed by atoms with Crippen LogP contribution in [-0.4, -0.2) is 60.4 Å². The van der Waals surface area contributed by atoms with Crippen LogP contribution < -0.4 is 5.32 Å². The second-order valence-corrected chi connectivity index (χ2v) is 6.72. The normalized spacial score (nSPS) is 25.0. The van der Waals surface area contributed by atoms with Gasteiger partial charge in [-0.25, -0.2) is 0 Å². The van der Waals surface area contributed by atoms with Crippen molar-refractivity contribution in [3.05, 3.63) is 0 Å². The van der Waals surface area contributed by atoms with E-state index in [4.69, 9.17) is 4.74 Å². The lowest BCUT2D eigenvalue weighted by Gasteiger charge is -2.37. The Kier molecular flexibility index (Phi) is 6.45. The highest BCUT2D eigenvalue weighted by Gasteiger charge is 2.30. The number of hydrogen-bond donors (Lipinski definition) is 2. The fourth-order valence-corrected chi connectivity index (χ4v) is 2.90. The number of nitrogens with zero attached hydrogens (tertiary/aromatic N) is 1. The lowest BCUT2D eigenvalue weighted by atomic mass is 9.99. The van der Waals surface area contributed by atoms with Crippen molar-refractivity contribution in [2.75, 3.05) is 26.3 Å². The quantitative estimate of drug-likeness (QED) is 0.706. The van der Waals surface area contributed by atoms with Crippen molar-refractivity contribution in [3.8, 4) is 0 Å². The van der Waals surface area contributed by atoms with Crippen molar-refractivity contribution in [1.29, 1.82) is 0 Å². The zero-order valence-corrected chi connectivity index (χ0v) is 13.4. The number of carbonyl (C=O) groups excluding carboxylic acids is 1. The Morgan fingerprint density at radius 3 is 2.76 bits per heavy atom. The Morgan fingerprint density at radius 2 is 2.10 bits per heavy atom. The summed E-state index contributed by atoms with van der Waals surface area (Å²) in [6.45, 7) is 6.59. The second kappa shape index (κ2) is 8.11. The molecule has 2 rings (SSSR count). The number of aliphatic hydroxyl groups excluding tert-OH is 1. The van der Waals surface area contributed by atoms with Gasteiger partial charge in [0.05, 0.1) is 18.8 Å². The summed E-state index contributed by atoms with van der Waals surface area (Å²) in [5.74, 6) is 0.748. The van der Waals surface area contributed by atoms with Crippen molar-refractivity contribution in [1.82, 2.24) is 10.2 Å². The number of likely N-dealkylation sites (tertiary alicyclic amines) is 1. The maximum Gasteiger partial charge on any atom is 0.237 e. The van der Waals surface area contributed by atoms with Gasteiger partial charge >= 0.3 is 0 Å². The molecule has 21 heavy (non-hydrogen) atoms. The maximum absolute atomic E-state index is 12.3. The van der Waals surface area contributed by atoms with Crippen LogP contribution in [0.2, 0.25) is 0 Å². The number of hydrogen-bond acceptors (Lipinski definition) is 4. The van der Waals surface area contributed by atoms with Gasteiger partial charge in [-0.05, 0) is 52.0 Å². The minimum absolute atomic E-state index is 0.0432. The minimum atomic E-state index is -0.608. The fourth-order valence-electron chi connectivity index (χ4n) is 2.90. The molecule has 0 spiro atoms. The van der Waals surface area contributed by atoms with Crippen LogP contribution in [0, 0.1) is 5.92 Å². The summed E-state index contributed by atoms with van der Waals surface area (Å²) in [4.78, 5) is 14.6. The van der Waals surface area contributed by atoms with Gasteiger partial charge in [-0.2, -0.15) is 0 Å². The highest BCUT2D eigenvalue weighted by Crippen LogP contribution is 2.28. The van der Waals surface area contributed by atoms with Crippen LogP contribution in [0.5, 0.6) is 0 Å². The molecule has 0 aromatic carbocycles. The number of aliphatic hydroxyl groups is 1. The lowest BCUT2D eigenvalue weighted by molar-refractivity contribution is -0.129. The first-order valence-electron chi connectivity index (χ1n) is 8.37. The van der Waals surface area contributed by atoms with Crippen molar-refractivity contribution in [2.24, 2.45) is 5.92 Å². The molecule has 2 atom stereocenters. The van der Waals surface area contributed by atoms with Crippen molar-refractivity contribution >= 4 is 5.91 Å². The molecule has 5 nitrogen and oxygen atoms in total. The van der Waals surface area contributed by atoms with Gasteiger partial charge in [-0.3, -0.25) is 9.69 Å². The smallest absolute Gasteiger partial charge is 0.237 e. The molecular weight excluding hydrogens is 268 g/mol. The van der Waals surface area contributed by atoms with Crippen LogP contribution in [0.15, 0.2) is 0 Å². The fraction of sp³-hybridized carbons (Fsp3) is 0.938. The lowest BCUT2D eigenvalue weighted by Crippen LogP contribution is -2.53. The van der Waals surface area contributed by atoms with E-state index in [2.05, 4.69) is 24.1 Å². The SMILES string of the molecule is CC(C)N1CCCCC1C(=O)NCC(O)COCC1CC1. The van der Waals surface area contributed by atoms with Crippen LogP contribution in [0.3, 0.4) is 0 Å². The molecule has 2 unspecified atom stereocenters. The number of rotatable bonds is 8. The Morgan fingerprint density at radius 1 is 1.33 bits per heavy atom. The van der Waals surface area contributed by atoms with E-state index in [0.29, 0.717) is 18.6 Å². The zero-order valence-electron chi connectivity index (χ0n) is 13.4. The summed E-state index contributed by atoms with van der Waals surface area (Å²) in [5, 5.41) is 12.7. The molecule has 1 amide bonds. The number of amides is 1. The zero-order chi connectivity index (χ0) is 15.2. The molecule has 2 N–H and O–H groups in total.